The van der Waals surface area contributed by atoms with E-state index < -0.39 is 0 Å². The van der Waals surface area contributed by atoms with Crippen molar-refractivity contribution >= 4 is 15.9 Å². The standard InChI is InChI=1S/C15H20BrNO/c1-17-12-6-7-15(17)14(9-18)13(8-12)10-2-4-11(16)5-3-10/h2-5,12-15,18H,6-9H2,1H3/t12-,13-,14?,15?/m1/s1. The van der Waals surface area contributed by atoms with Crippen LogP contribution in [0.25, 0.3) is 0 Å². The van der Waals surface area contributed by atoms with Crippen LogP contribution >= 0.6 is 15.9 Å². The fourth-order valence-electron chi connectivity index (χ4n) is 3.92. The Labute approximate surface area is 117 Å². The first-order valence-electron chi connectivity index (χ1n) is 6.79. The SMILES string of the molecule is CN1C2CC[C@@H]1C[C@H](c1ccc(Br)cc1)C2CO. The minimum atomic E-state index is 0.308. The molecule has 2 saturated heterocycles. The molecule has 2 fully saturated rings. The van der Waals surface area contributed by atoms with Crippen molar-refractivity contribution in [3.63, 3.8) is 0 Å². The summed E-state index contributed by atoms with van der Waals surface area (Å²) in [6, 6.07) is 9.94. The Bertz CT molecular complexity index is 419. The maximum absolute atomic E-state index is 9.78. The van der Waals surface area contributed by atoms with Gasteiger partial charge >= 0.3 is 0 Å². The second-order valence-corrected chi connectivity index (χ2v) is 6.62. The Morgan fingerprint density at radius 2 is 2.00 bits per heavy atom. The number of nitrogens with zero attached hydrogens (tertiary/aromatic N) is 1. The lowest BCUT2D eigenvalue weighted by atomic mass is 9.76. The highest BCUT2D eigenvalue weighted by Gasteiger charge is 2.45. The summed E-state index contributed by atoms with van der Waals surface area (Å²) in [6.07, 6.45) is 3.74. The third-order valence-corrected chi connectivity index (χ3v) is 5.47. The average Bonchev–Trinajstić information content (AvgIpc) is 2.63. The molecular formula is C15H20BrNO. The molecule has 0 radical (unpaired) electrons. The number of aliphatic hydroxyl groups excluding tert-OH is 1. The predicted octanol–water partition coefficient (Wildman–Crippen LogP) is 3.01. The van der Waals surface area contributed by atoms with Gasteiger partial charge in [-0.3, -0.25) is 0 Å². The van der Waals surface area contributed by atoms with E-state index in [2.05, 4.69) is 52.1 Å². The zero-order valence-electron chi connectivity index (χ0n) is 10.7. The molecule has 0 saturated carbocycles. The highest BCUT2D eigenvalue weighted by molar-refractivity contribution is 9.10. The molecule has 2 aliphatic rings. The minimum Gasteiger partial charge on any atom is -0.396 e. The molecule has 0 aromatic heterocycles. The third-order valence-electron chi connectivity index (χ3n) is 4.94. The van der Waals surface area contributed by atoms with Gasteiger partial charge in [0.15, 0.2) is 0 Å². The summed E-state index contributed by atoms with van der Waals surface area (Å²) in [4.78, 5) is 2.50. The zero-order chi connectivity index (χ0) is 12.7. The molecule has 0 spiro atoms. The van der Waals surface area contributed by atoms with Gasteiger partial charge in [0.25, 0.3) is 0 Å². The van der Waals surface area contributed by atoms with E-state index in [0.29, 0.717) is 30.5 Å². The smallest absolute Gasteiger partial charge is 0.0480 e. The van der Waals surface area contributed by atoms with Gasteiger partial charge in [-0.2, -0.15) is 0 Å². The maximum Gasteiger partial charge on any atom is 0.0480 e. The van der Waals surface area contributed by atoms with Gasteiger partial charge in [-0.25, -0.2) is 0 Å². The summed E-state index contributed by atoms with van der Waals surface area (Å²) >= 11 is 3.49. The largest absolute Gasteiger partial charge is 0.396 e. The predicted molar refractivity (Wildman–Crippen MR) is 76.6 cm³/mol. The van der Waals surface area contributed by atoms with Gasteiger partial charge in [0.2, 0.25) is 0 Å². The van der Waals surface area contributed by atoms with Crippen LogP contribution in [-0.4, -0.2) is 35.7 Å². The van der Waals surface area contributed by atoms with Crippen molar-refractivity contribution in [3.8, 4) is 0 Å². The lowest BCUT2D eigenvalue weighted by Crippen LogP contribution is -2.47. The van der Waals surface area contributed by atoms with E-state index in [-0.39, 0.29) is 0 Å². The van der Waals surface area contributed by atoms with Crippen LogP contribution in [0.3, 0.4) is 0 Å². The Morgan fingerprint density at radius 3 is 2.67 bits per heavy atom. The molecule has 3 heteroatoms. The highest BCUT2D eigenvalue weighted by Crippen LogP contribution is 2.45. The Morgan fingerprint density at radius 1 is 1.28 bits per heavy atom. The molecule has 1 N–H and O–H groups in total. The van der Waals surface area contributed by atoms with Crippen molar-refractivity contribution in [2.45, 2.75) is 37.3 Å². The van der Waals surface area contributed by atoms with Crippen LogP contribution in [0.4, 0.5) is 0 Å². The first kappa shape index (κ1) is 12.6. The second-order valence-electron chi connectivity index (χ2n) is 5.70. The molecule has 3 rings (SSSR count). The molecule has 4 atom stereocenters. The number of hydrogen-bond acceptors (Lipinski definition) is 2. The zero-order valence-corrected chi connectivity index (χ0v) is 12.3. The van der Waals surface area contributed by atoms with E-state index in [1.807, 2.05) is 0 Å². The summed E-state index contributed by atoms with van der Waals surface area (Å²) in [6.45, 7) is 0.308. The van der Waals surface area contributed by atoms with Crippen LogP contribution in [0, 0.1) is 5.92 Å². The fourth-order valence-corrected chi connectivity index (χ4v) is 4.18. The van der Waals surface area contributed by atoms with Crippen molar-refractivity contribution < 1.29 is 5.11 Å². The first-order chi connectivity index (χ1) is 8.70. The number of halogens is 1. The third kappa shape index (κ3) is 2.02. The number of piperidine rings is 1. The lowest BCUT2D eigenvalue weighted by Gasteiger charge is -2.42. The van der Waals surface area contributed by atoms with E-state index in [4.69, 9.17) is 0 Å². The van der Waals surface area contributed by atoms with E-state index in [1.54, 1.807) is 0 Å². The van der Waals surface area contributed by atoms with Gasteiger partial charge in [-0.05, 0) is 49.9 Å². The molecule has 0 aliphatic carbocycles. The molecular weight excluding hydrogens is 290 g/mol. The minimum absolute atomic E-state index is 0.308. The number of rotatable bonds is 2. The summed E-state index contributed by atoms with van der Waals surface area (Å²) in [5, 5.41) is 9.78. The van der Waals surface area contributed by atoms with Gasteiger partial charge in [0, 0.05) is 29.1 Å². The van der Waals surface area contributed by atoms with Crippen LogP contribution in [0.15, 0.2) is 28.7 Å². The quantitative estimate of drug-likeness (QED) is 0.908. The van der Waals surface area contributed by atoms with Crippen molar-refractivity contribution in [3.05, 3.63) is 34.3 Å². The van der Waals surface area contributed by atoms with Gasteiger partial charge in [-0.15, -0.1) is 0 Å². The molecule has 2 heterocycles. The van der Waals surface area contributed by atoms with Crippen molar-refractivity contribution in [1.29, 1.82) is 0 Å². The summed E-state index contributed by atoms with van der Waals surface area (Å²) < 4.78 is 1.13. The highest BCUT2D eigenvalue weighted by atomic mass is 79.9. The van der Waals surface area contributed by atoms with Crippen LogP contribution in [0.2, 0.25) is 0 Å². The lowest BCUT2D eigenvalue weighted by molar-refractivity contribution is 0.0592. The topological polar surface area (TPSA) is 23.5 Å². The van der Waals surface area contributed by atoms with Crippen molar-refractivity contribution in [2.75, 3.05) is 13.7 Å². The molecule has 98 valence electrons. The van der Waals surface area contributed by atoms with E-state index in [1.165, 1.54) is 24.8 Å². The molecule has 2 unspecified atom stereocenters. The van der Waals surface area contributed by atoms with Gasteiger partial charge in [0.1, 0.15) is 0 Å². The van der Waals surface area contributed by atoms with E-state index in [9.17, 15) is 5.11 Å². The molecule has 1 aromatic rings. The number of aliphatic hydroxyl groups is 1. The number of fused-ring (bicyclic) bond motifs is 2. The summed E-state index contributed by atoms with van der Waals surface area (Å²) in [7, 11) is 2.22. The summed E-state index contributed by atoms with van der Waals surface area (Å²) in [5.41, 5.74) is 1.39. The Balaban J connectivity index is 1.89. The first-order valence-corrected chi connectivity index (χ1v) is 7.58. The van der Waals surface area contributed by atoms with Gasteiger partial charge < -0.3 is 10.0 Å². The molecule has 0 amide bonds. The second kappa shape index (κ2) is 4.95. The van der Waals surface area contributed by atoms with Gasteiger partial charge in [-0.1, -0.05) is 28.1 Å². The van der Waals surface area contributed by atoms with Crippen LogP contribution in [0.5, 0.6) is 0 Å². The van der Waals surface area contributed by atoms with Crippen molar-refractivity contribution in [2.24, 2.45) is 5.92 Å². The molecule has 2 nitrogen and oxygen atoms in total. The van der Waals surface area contributed by atoms with Crippen LogP contribution in [-0.2, 0) is 0 Å². The monoisotopic (exact) mass is 309 g/mol. The number of hydrogen-bond donors (Lipinski definition) is 1. The van der Waals surface area contributed by atoms with Gasteiger partial charge in [0.05, 0.1) is 0 Å². The maximum atomic E-state index is 9.78. The summed E-state index contributed by atoms with van der Waals surface area (Å²) in [5.74, 6) is 0.923. The van der Waals surface area contributed by atoms with Crippen LogP contribution in [0.1, 0.15) is 30.7 Å². The normalized spacial score (nSPS) is 35.9. The molecule has 18 heavy (non-hydrogen) atoms. The molecule has 1 aromatic carbocycles. The van der Waals surface area contributed by atoms with E-state index in [0.717, 1.165) is 4.47 Å². The Kier molecular flexibility index (Phi) is 3.48. The Hall–Kier alpha value is -0.380. The molecule has 2 bridgehead atoms. The molecule has 2 aliphatic heterocycles. The van der Waals surface area contributed by atoms with Crippen molar-refractivity contribution in [1.82, 2.24) is 4.90 Å². The van der Waals surface area contributed by atoms with Crippen LogP contribution < -0.4 is 0 Å². The fraction of sp³-hybridized carbons (Fsp3) is 0.600. The van der Waals surface area contributed by atoms with E-state index >= 15 is 0 Å². The number of benzene rings is 1. The average molecular weight is 310 g/mol.